The van der Waals surface area contributed by atoms with Gasteiger partial charge in [0, 0.05) is 37.8 Å². The first-order valence-electron chi connectivity index (χ1n) is 6.87. The van der Waals surface area contributed by atoms with Crippen molar-refractivity contribution in [3.63, 3.8) is 0 Å². The molecule has 0 saturated carbocycles. The monoisotopic (exact) mass is 282 g/mol. The Morgan fingerprint density at radius 1 is 1.30 bits per heavy atom. The van der Waals surface area contributed by atoms with Gasteiger partial charge in [-0.3, -0.25) is 4.90 Å². The van der Waals surface area contributed by atoms with Crippen molar-refractivity contribution >= 4 is 0 Å². The maximum absolute atomic E-state index is 14.1. The minimum Gasteiger partial charge on any atom is -0.505 e. The zero-order chi connectivity index (χ0) is 14.5. The van der Waals surface area contributed by atoms with E-state index in [-0.39, 0.29) is 11.6 Å². The van der Waals surface area contributed by atoms with E-state index in [1.165, 1.54) is 0 Å². The van der Waals surface area contributed by atoms with Crippen LogP contribution in [0.2, 0.25) is 0 Å². The number of hydrogen-bond acceptors (Lipinski definition) is 3. The number of phenolic OH excluding ortho intramolecular Hbond substituents is 1. The highest BCUT2D eigenvalue weighted by atomic mass is 19.1. The number of phenols is 1. The topological polar surface area (TPSA) is 35.5 Å². The molecule has 2 N–H and O–H groups in total. The number of allylic oxidation sites excluding steroid dienone is 1. The summed E-state index contributed by atoms with van der Waals surface area (Å²) in [5.41, 5.74) is 0.0637. The number of nitrogens with one attached hydrogen (secondary N) is 1. The van der Waals surface area contributed by atoms with Crippen molar-refractivity contribution < 1.29 is 13.9 Å². The van der Waals surface area contributed by atoms with Gasteiger partial charge in [-0.2, -0.15) is 0 Å². The largest absolute Gasteiger partial charge is 0.505 e. The van der Waals surface area contributed by atoms with Crippen molar-refractivity contribution in [3.05, 3.63) is 42.0 Å². The molecule has 1 aliphatic heterocycles. The molecule has 1 fully saturated rings. The third-order valence-electron chi connectivity index (χ3n) is 3.68. The van der Waals surface area contributed by atoms with Gasteiger partial charge in [-0.1, -0.05) is 6.08 Å². The lowest BCUT2D eigenvalue weighted by Gasteiger charge is -2.35. The van der Waals surface area contributed by atoms with Crippen LogP contribution in [-0.4, -0.2) is 36.2 Å². The first kappa shape index (κ1) is 14.9. The first-order valence-corrected chi connectivity index (χ1v) is 6.87. The predicted octanol–water partition coefficient (Wildman–Crippen LogP) is 2.58. The lowest BCUT2D eigenvalue weighted by Crippen LogP contribution is -2.45. The Hall–Kier alpha value is -1.46. The molecule has 1 aromatic rings. The van der Waals surface area contributed by atoms with Crippen LogP contribution in [0.25, 0.3) is 0 Å². The first-order chi connectivity index (χ1) is 9.65. The molecular formula is C15H20F2N2O. The van der Waals surface area contributed by atoms with Gasteiger partial charge < -0.3 is 10.4 Å². The van der Waals surface area contributed by atoms with E-state index in [0.717, 1.165) is 38.3 Å². The Balaban J connectivity index is 2.34. The number of hydrogen-bond donors (Lipinski definition) is 2. The van der Waals surface area contributed by atoms with Crippen molar-refractivity contribution in [2.24, 2.45) is 0 Å². The van der Waals surface area contributed by atoms with Crippen molar-refractivity contribution in [2.45, 2.75) is 18.9 Å². The third kappa shape index (κ3) is 3.16. The van der Waals surface area contributed by atoms with Crippen LogP contribution in [0.1, 0.15) is 24.4 Å². The summed E-state index contributed by atoms with van der Waals surface area (Å²) in [4.78, 5) is 2.08. The molecule has 0 bridgehead atoms. The van der Waals surface area contributed by atoms with Gasteiger partial charge >= 0.3 is 0 Å². The SMILES string of the molecule is C=CCC[C@H](c1c(F)ccc(F)c1O)N1CCNCC1. The van der Waals surface area contributed by atoms with Gasteiger partial charge in [0.1, 0.15) is 5.82 Å². The molecule has 1 aliphatic rings. The van der Waals surface area contributed by atoms with Crippen LogP contribution >= 0.6 is 0 Å². The van der Waals surface area contributed by atoms with Crippen LogP contribution in [0.5, 0.6) is 5.75 Å². The lowest BCUT2D eigenvalue weighted by atomic mass is 9.97. The van der Waals surface area contributed by atoms with E-state index in [1.807, 2.05) is 0 Å². The van der Waals surface area contributed by atoms with E-state index in [9.17, 15) is 13.9 Å². The Kier molecular flexibility index (Phi) is 5.09. The van der Waals surface area contributed by atoms with Crippen LogP contribution in [0.3, 0.4) is 0 Å². The summed E-state index contributed by atoms with van der Waals surface area (Å²) in [6.07, 6.45) is 3.05. The standard InChI is InChI=1S/C15H20F2N2O/c1-2-3-4-13(19-9-7-18-8-10-19)14-11(16)5-6-12(17)15(14)20/h2,5-6,13,18,20H,1,3-4,7-10H2/t13-/m1/s1. The van der Waals surface area contributed by atoms with Gasteiger partial charge in [0.05, 0.1) is 0 Å². The zero-order valence-corrected chi connectivity index (χ0v) is 11.4. The minimum absolute atomic E-state index is 0.0637. The number of nitrogens with zero attached hydrogens (tertiary/aromatic N) is 1. The van der Waals surface area contributed by atoms with Crippen molar-refractivity contribution in [2.75, 3.05) is 26.2 Å². The highest BCUT2D eigenvalue weighted by molar-refractivity contribution is 5.37. The van der Waals surface area contributed by atoms with E-state index in [4.69, 9.17) is 0 Å². The fourth-order valence-electron chi connectivity index (χ4n) is 2.65. The molecule has 0 aromatic heterocycles. The summed E-state index contributed by atoms with van der Waals surface area (Å²) in [5.74, 6) is -1.91. The van der Waals surface area contributed by atoms with Gasteiger partial charge in [-0.05, 0) is 25.0 Å². The minimum atomic E-state index is -0.778. The maximum atomic E-state index is 14.1. The van der Waals surface area contributed by atoms with E-state index >= 15 is 0 Å². The molecule has 0 radical (unpaired) electrons. The molecule has 5 heteroatoms. The Morgan fingerprint density at radius 3 is 2.60 bits per heavy atom. The average molecular weight is 282 g/mol. The van der Waals surface area contributed by atoms with Crippen LogP contribution in [0, 0.1) is 11.6 Å². The van der Waals surface area contributed by atoms with Crippen LogP contribution in [-0.2, 0) is 0 Å². The second kappa shape index (κ2) is 6.81. The average Bonchev–Trinajstić information content (AvgIpc) is 2.47. The molecule has 1 saturated heterocycles. The van der Waals surface area contributed by atoms with Gasteiger partial charge in [0.15, 0.2) is 11.6 Å². The zero-order valence-electron chi connectivity index (χ0n) is 11.4. The molecule has 1 aromatic carbocycles. The molecule has 20 heavy (non-hydrogen) atoms. The maximum Gasteiger partial charge on any atom is 0.165 e. The highest BCUT2D eigenvalue weighted by Crippen LogP contribution is 2.36. The van der Waals surface area contributed by atoms with Crippen LogP contribution in [0.15, 0.2) is 24.8 Å². The molecule has 1 heterocycles. The van der Waals surface area contributed by atoms with Gasteiger partial charge in [0.2, 0.25) is 0 Å². The molecule has 0 amide bonds. The molecule has 0 aliphatic carbocycles. The lowest BCUT2D eigenvalue weighted by molar-refractivity contribution is 0.159. The molecule has 1 atom stereocenters. The van der Waals surface area contributed by atoms with Gasteiger partial charge in [-0.25, -0.2) is 8.78 Å². The fraction of sp³-hybridized carbons (Fsp3) is 0.467. The Bertz CT molecular complexity index is 473. The van der Waals surface area contributed by atoms with Crippen molar-refractivity contribution in [3.8, 4) is 5.75 Å². The predicted molar refractivity (Wildman–Crippen MR) is 74.6 cm³/mol. The smallest absolute Gasteiger partial charge is 0.165 e. The summed E-state index contributed by atoms with van der Waals surface area (Å²) >= 11 is 0. The molecule has 0 spiro atoms. The number of halogens is 2. The quantitative estimate of drug-likeness (QED) is 0.815. The third-order valence-corrected chi connectivity index (χ3v) is 3.68. The van der Waals surface area contributed by atoms with Gasteiger partial charge in [-0.15, -0.1) is 6.58 Å². The van der Waals surface area contributed by atoms with Gasteiger partial charge in [0.25, 0.3) is 0 Å². The van der Waals surface area contributed by atoms with E-state index in [0.29, 0.717) is 12.8 Å². The second-order valence-corrected chi connectivity index (χ2v) is 4.96. The molecule has 110 valence electrons. The van der Waals surface area contributed by atoms with E-state index < -0.39 is 17.4 Å². The van der Waals surface area contributed by atoms with Crippen LogP contribution in [0.4, 0.5) is 8.78 Å². The number of piperazine rings is 1. The molecule has 3 nitrogen and oxygen atoms in total. The second-order valence-electron chi connectivity index (χ2n) is 4.96. The number of aromatic hydroxyl groups is 1. The summed E-state index contributed by atoms with van der Waals surface area (Å²) in [7, 11) is 0. The Labute approximate surface area is 117 Å². The Morgan fingerprint density at radius 2 is 1.95 bits per heavy atom. The number of benzene rings is 1. The molecular weight excluding hydrogens is 262 g/mol. The fourth-order valence-corrected chi connectivity index (χ4v) is 2.65. The van der Waals surface area contributed by atoms with E-state index in [1.54, 1.807) is 6.08 Å². The normalized spacial score (nSPS) is 17.9. The van der Waals surface area contributed by atoms with E-state index in [2.05, 4.69) is 16.8 Å². The van der Waals surface area contributed by atoms with Crippen molar-refractivity contribution in [1.82, 2.24) is 10.2 Å². The van der Waals surface area contributed by atoms with Crippen molar-refractivity contribution in [1.29, 1.82) is 0 Å². The summed E-state index contributed by atoms with van der Waals surface area (Å²) < 4.78 is 27.6. The van der Waals surface area contributed by atoms with Crippen LogP contribution < -0.4 is 5.32 Å². The summed E-state index contributed by atoms with van der Waals surface area (Å²) in [6, 6.07) is 1.70. The summed E-state index contributed by atoms with van der Waals surface area (Å²) in [6.45, 7) is 6.78. The summed E-state index contributed by atoms with van der Waals surface area (Å²) in [5, 5.41) is 13.1. The highest BCUT2D eigenvalue weighted by Gasteiger charge is 2.28. The molecule has 0 unspecified atom stereocenters. The molecule has 2 rings (SSSR count). The number of rotatable bonds is 5.